The van der Waals surface area contributed by atoms with E-state index >= 15 is 0 Å². The largest absolute Gasteiger partial charge is 0.423 e. The van der Waals surface area contributed by atoms with Gasteiger partial charge in [0.15, 0.2) is 0 Å². The predicted octanol–water partition coefficient (Wildman–Crippen LogP) is 3.63. The molecule has 0 aliphatic carbocycles. The molecule has 1 aromatic heterocycles. The number of likely N-dealkylation sites (tertiary alicyclic amines) is 1. The zero-order valence-corrected chi connectivity index (χ0v) is 13.6. The summed E-state index contributed by atoms with van der Waals surface area (Å²) in [5.41, 5.74) is 2.66. The topological polar surface area (TPSA) is 59.2 Å². The van der Waals surface area contributed by atoms with E-state index < -0.39 is 0 Å². The smallest absolute Gasteiger partial charge is 0.256 e. The molecule has 6 heteroatoms. The van der Waals surface area contributed by atoms with Gasteiger partial charge in [-0.15, -0.1) is 10.2 Å². The van der Waals surface area contributed by atoms with Gasteiger partial charge in [-0.2, -0.15) is 0 Å². The summed E-state index contributed by atoms with van der Waals surface area (Å²) in [6, 6.07) is 3.53. The Hall–Kier alpha value is -1.88. The van der Waals surface area contributed by atoms with Crippen molar-refractivity contribution in [3.8, 4) is 0 Å². The molecule has 0 N–H and O–H groups in total. The number of benzene rings is 1. The van der Waals surface area contributed by atoms with E-state index in [1.165, 1.54) is 0 Å². The molecule has 0 bridgehead atoms. The molecule has 1 fully saturated rings. The second-order valence-corrected chi connectivity index (χ2v) is 6.14. The van der Waals surface area contributed by atoms with Crippen LogP contribution >= 0.6 is 11.6 Å². The molecule has 1 aliphatic rings. The van der Waals surface area contributed by atoms with Crippen LogP contribution in [-0.4, -0.2) is 27.5 Å². The number of halogens is 1. The van der Waals surface area contributed by atoms with E-state index in [-0.39, 0.29) is 11.9 Å². The lowest BCUT2D eigenvalue weighted by atomic mass is 10.0. The molecule has 1 saturated heterocycles. The quantitative estimate of drug-likeness (QED) is 0.848. The van der Waals surface area contributed by atoms with Crippen LogP contribution in [0.15, 0.2) is 16.5 Å². The highest BCUT2D eigenvalue weighted by Crippen LogP contribution is 2.34. The van der Waals surface area contributed by atoms with E-state index in [2.05, 4.69) is 10.2 Å². The maximum Gasteiger partial charge on any atom is 0.256 e. The van der Waals surface area contributed by atoms with Gasteiger partial charge in [-0.3, -0.25) is 4.79 Å². The first-order valence-corrected chi connectivity index (χ1v) is 7.73. The fourth-order valence-electron chi connectivity index (χ4n) is 2.81. The van der Waals surface area contributed by atoms with Crippen LogP contribution in [0.4, 0.5) is 0 Å². The summed E-state index contributed by atoms with van der Waals surface area (Å²) < 4.78 is 5.51. The van der Waals surface area contributed by atoms with Gasteiger partial charge in [-0.25, -0.2) is 0 Å². The van der Waals surface area contributed by atoms with Gasteiger partial charge in [-0.1, -0.05) is 11.6 Å². The normalized spacial score (nSPS) is 18.0. The molecule has 2 aromatic rings. The Labute approximate surface area is 134 Å². The summed E-state index contributed by atoms with van der Waals surface area (Å²) in [5, 5.41) is 8.41. The lowest BCUT2D eigenvalue weighted by Crippen LogP contribution is -2.31. The van der Waals surface area contributed by atoms with Crippen LogP contribution in [0.1, 0.15) is 52.1 Å². The fraction of sp³-hybridized carbons (Fsp3) is 0.438. The Bertz CT molecular complexity index is 726. The van der Waals surface area contributed by atoms with Crippen LogP contribution in [0.2, 0.25) is 5.02 Å². The Kier molecular flexibility index (Phi) is 3.91. The maximum atomic E-state index is 12.9. The highest BCUT2D eigenvalue weighted by atomic mass is 35.5. The summed E-state index contributed by atoms with van der Waals surface area (Å²) in [7, 11) is 0. The average molecular weight is 320 g/mol. The molecule has 1 amide bonds. The van der Waals surface area contributed by atoms with Crippen molar-refractivity contribution in [2.45, 2.75) is 39.7 Å². The number of nitrogens with zero attached hydrogens (tertiary/aromatic N) is 3. The van der Waals surface area contributed by atoms with Crippen LogP contribution in [0.25, 0.3) is 0 Å². The molecule has 5 nitrogen and oxygen atoms in total. The first kappa shape index (κ1) is 15.0. The van der Waals surface area contributed by atoms with Crippen molar-refractivity contribution in [3.63, 3.8) is 0 Å². The number of amides is 1. The van der Waals surface area contributed by atoms with Crippen LogP contribution in [-0.2, 0) is 0 Å². The van der Waals surface area contributed by atoms with Gasteiger partial charge in [0.1, 0.15) is 6.04 Å². The number of aryl methyl sites for hydroxylation is 3. The zero-order chi connectivity index (χ0) is 15.9. The van der Waals surface area contributed by atoms with Crippen LogP contribution in [0, 0.1) is 20.8 Å². The van der Waals surface area contributed by atoms with Gasteiger partial charge in [0.25, 0.3) is 5.91 Å². The van der Waals surface area contributed by atoms with Crippen molar-refractivity contribution >= 4 is 17.5 Å². The molecular formula is C16H18ClN3O2. The molecule has 2 heterocycles. The summed E-state index contributed by atoms with van der Waals surface area (Å²) in [4.78, 5) is 14.7. The van der Waals surface area contributed by atoms with Crippen LogP contribution in [0.3, 0.4) is 0 Å². The predicted molar refractivity (Wildman–Crippen MR) is 83.0 cm³/mol. The van der Waals surface area contributed by atoms with Gasteiger partial charge >= 0.3 is 0 Å². The molecule has 22 heavy (non-hydrogen) atoms. The maximum absolute atomic E-state index is 12.9. The monoisotopic (exact) mass is 319 g/mol. The van der Waals surface area contributed by atoms with E-state index in [9.17, 15) is 4.79 Å². The SMILES string of the molecule is Cc1nnc([C@@H]2CCCN2C(=O)c2cc(C)c(C)cc2Cl)o1. The molecule has 1 atom stereocenters. The molecule has 0 spiro atoms. The minimum absolute atomic E-state index is 0.0774. The van der Waals surface area contributed by atoms with Crippen molar-refractivity contribution < 1.29 is 9.21 Å². The third kappa shape index (κ3) is 2.61. The fourth-order valence-corrected chi connectivity index (χ4v) is 3.11. The summed E-state index contributed by atoms with van der Waals surface area (Å²) in [6.45, 7) is 6.38. The molecule has 0 radical (unpaired) electrons. The number of rotatable bonds is 2. The van der Waals surface area contributed by atoms with Gasteiger partial charge in [-0.05, 0) is 49.9 Å². The number of aromatic nitrogens is 2. The van der Waals surface area contributed by atoms with Gasteiger partial charge in [0, 0.05) is 13.5 Å². The lowest BCUT2D eigenvalue weighted by molar-refractivity contribution is 0.0715. The minimum Gasteiger partial charge on any atom is -0.423 e. The molecule has 0 saturated carbocycles. The third-order valence-corrected chi connectivity index (χ3v) is 4.47. The van der Waals surface area contributed by atoms with Crippen molar-refractivity contribution in [1.29, 1.82) is 0 Å². The Morgan fingerprint density at radius 3 is 2.68 bits per heavy atom. The highest BCUT2D eigenvalue weighted by molar-refractivity contribution is 6.34. The molecule has 1 aliphatic heterocycles. The average Bonchev–Trinajstić information content (AvgIpc) is 3.10. The summed E-state index contributed by atoms with van der Waals surface area (Å²) in [5.74, 6) is 0.938. The Morgan fingerprint density at radius 2 is 2.00 bits per heavy atom. The lowest BCUT2D eigenvalue weighted by Gasteiger charge is -2.23. The minimum atomic E-state index is -0.161. The second-order valence-electron chi connectivity index (χ2n) is 5.73. The zero-order valence-electron chi connectivity index (χ0n) is 12.9. The highest BCUT2D eigenvalue weighted by Gasteiger charge is 2.34. The number of hydrogen-bond acceptors (Lipinski definition) is 4. The van der Waals surface area contributed by atoms with Crippen molar-refractivity contribution in [1.82, 2.24) is 15.1 Å². The van der Waals surface area contributed by atoms with Gasteiger partial charge < -0.3 is 9.32 Å². The first-order chi connectivity index (χ1) is 10.5. The van der Waals surface area contributed by atoms with Crippen molar-refractivity contribution in [2.75, 3.05) is 6.54 Å². The van der Waals surface area contributed by atoms with E-state index in [1.807, 2.05) is 26.0 Å². The van der Waals surface area contributed by atoms with E-state index in [0.717, 1.165) is 24.0 Å². The van der Waals surface area contributed by atoms with Crippen molar-refractivity contribution in [3.05, 3.63) is 45.6 Å². The molecule has 1 aromatic carbocycles. The Balaban J connectivity index is 1.92. The standard InChI is InChI=1S/C16H18ClN3O2/c1-9-7-12(13(17)8-10(9)2)16(21)20-6-4-5-14(20)15-19-18-11(3)22-15/h7-8,14H,4-6H2,1-3H3/t14-/m0/s1. The molecule has 0 unspecified atom stereocenters. The molecule has 116 valence electrons. The van der Waals surface area contributed by atoms with Crippen LogP contribution in [0.5, 0.6) is 0 Å². The number of carbonyl (C=O) groups is 1. The van der Waals surface area contributed by atoms with Crippen LogP contribution < -0.4 is 0 Å². The van der Waals surface area contributed by atoms with E-state index in [0.29, 0.717) is 28.9 Å². The van der Waals surface area contributed by atoms with Crippen molar-refractivity contribution in [2.24, 2.45) is 0 Å². The van der Waals surface area contributed by atoms with E-state index in [1.54, 1.807) is 11.8 Å². The third-order valence-electron chi connectivity index (χ3n) is 4.15. The summed E-state index contributed by atoms with van der Waals surface area (Å²) >= 11 is 6.27. The number of carbonyl (C=O) groups excluding carboxylic acids is 1. The first-order valence-electron chi connectivity index (χ1n) is 7.35. The van der Waals surface area contributed by atoms with Gasteiger partial charge in [0.05, 0.1) is 10.6 Å². The van der Waals surface area contributed by atoms with E-state index in [4.69, 9.17) is 16.0 Å². The summed E-state index contributed by atoms with van der Waals surface area (Å²) in [6.07, 6.45) is 1.75. The number of hydrogen-bond donors (Lipinski definition) is 0. The Morgan fingerprint density at radius 1 is 1.27 bits per heavy atom. The van der Waals surface area contributed by atoms with Gasteiger partial charge in [0.2, 0.25) is 11.8 Å². The molecular weight excluding hydrogens is 302 g/mol. The second kappa shape index (κ2) is 5.72. The molecule has 3 rings (SSSR count).